The van der Waals surface area contributed by atoms with Crippen LogP contribution in [0.5, 0.6) is 11.6 Å². The molecule has 1 aromatic carbocycles. The molecule has 2 fully saturated rings. The van der Waals surface area contributed by atoms with Crippen molar-refractivity contribution < 1.29 is 14.3 Å². The first-order valence-corrected chi connectivity index (χ1v) is 8.09. The summed E-state index contributed by atoms with van der Waals surface area (Å²) in [5.41, 5.74) is 0. The van der Waals surface area contributed by atoms with Gasteiger partial charge >= 0.3 is 0 Å². The highest BCUT2D eigenvalue weighted by Gasteiger charge is 2.62. The molecule has 0 unspecified atom stereocenters. The number of hydrogen-bond acceptors (Lipinski definition) is 4. The lowest BCUT2D eigenvalue weighted by Crippen LogP contribution is -2.37. The van der Waals surface area contributed by atoms with Gasteiger partial charge in [-0.3, -0.25) is 4.79 Å². The average molecular weight is 312 g/mol. The molecule has 5 heteroatoms. The molecule has 4 rings (SSSR count). The first-order chi connectivity index (χ1) is 11.2. The summed E-state index contributed by atoms with van der Waals surface area (Å²) >= 11 is 0. The first kappa shape index (κ1) is 14.3. The maximum Gasteiger partial charge on any atom is 0.224 e. The number of rotatable bonds is 5. The van der Waals surface area contributed by atoms with Crippen molar-refractivity contribution in [1.82, 2.24) is 10.3 Å². The van der Waals surface area contributed by atoms with Crippen LogP contribution >= 0.6 is 0 Å². The molecule has 1 aliphatic heterocycles. The molecule has 0 radical (unpaired) electrons. The summed E-state index contributed by atoms with van der Waals surface area (Å²) < 4.78 is 11.2. The molecule has 1 N–H and O–H groups in total. The van der Waals surface area contributed by atoms with Crippen LogP contribution in [0, 0.1) is 17.8 Å². The van der Waals surface area contributed by atoms with Gasteiger partial charge in [0.05, 0.1) is 13.2 Å². The summed E-state index contributed by atoms with van der Waals surface area (Å²) in [4.78, 5) is 16.3. The smallest absolute Gasteiger partial charge is 0.224 e. The highest BCUT2D eigenvalue weighted by molar-refractivity contribution is 5.88. The molecule has 0 bridgehead atoms. The Hall–Kier alpha value is -2.30. The van der Waals surface area contributed by atoms with E-state index in [0.29, 0.717) is 24.3 Å². The van der Waals surface area contributed by atoms with Gasteiger partial charge in [-0.15, -0.1) is 0 Å². The molecule has 23 heavy (non-hydrogen) atoms. The molecule has 2 heterocycles. The van der Waals surface area contributed by atoms with Gasteiger partial charge in [0.2, 0.25) is 11.8 Å². The second-order valence-corrected chi connectivity index (χ2v) is 6.30. The van der Waals surface area contributed by atoms with E-state index >= 15 is 0 Å². The van der Waals surface area contributed by atoms with Crippen molar-refractivity contribution in [3.05, 3.63) is 30.5 Å². The zero-order chi connectivity index (χ0) is 16.0. The van der Waals surface area contributed by atoms with Crippen LogP contribution in [-0.2, 0) is 4.79 Å². The number of benzene rings is 1. The lowest BCUT2D eigenvalue weighted by Gasteiger charge is -2.16. The van der Waals surface area contributed by atoms with Crippen LogP contribution in [0.2, 0.25) is 0 Å². The van der Waals surface area contributed by atoms with E-state index in [1.54, 1.807) is 13.3 Å². The van der Waals surface area contributed by atoms with Crippen LogP contribution in [0.25, 0.3) is 10.8 Å². The molecular weight excluding hydrogens is 292 g/mol. The Balaban J connectivity index is 1.53. The molecule has 1 amide bonds. The summed E-state index contributed by atoms with van der Waals surface area (Å²) in [6.07, 6.45) is 2.80. The highest BCUT2D eigenvalue weighted by Crippen LogP contribution is 2.54. The predicted octanol–water partition coefficient (Wildman–Crippen LogP) is 2.39. The van der Waals surface area contributed by atoms with E-state index in [9.17, 15) is 4.79 Å². The Morgan fingerprint density at radius 1 is 1.30 bits per heavy atom. The number of nitrogens with one attached hydrogen (secondary N) is 1. The quantitative estimate of drug-likeness (QED) is 0.921. The van der Waals surface area contributed by atoms with Crippen LogP contribution in [-0.4, -0.2) is 30.6 Å². The van der Waals surface area contributed by atoms with Gasteiger partial charge < -0.3 is 14.8 Å². The van der Waals surface area contributed by atoms with Gasteiger partial charge in [0.25, 0.3) is 0 Å². The summed E-state index contributed by atoms with van der Waals surface area (Å²) in [5, 5.41) is 5.03. The van der Waals surface area contributed by atoms with Gasteiger partial charge in [0.1, 0.15) is 12.4 Å². The van der Waals surface area contributed by atoms with Crippen LogP contribution in [0.4, 0.5) is 0 Å². The summed E-state index contributed by atoms with van der Waals surface area (Å²) in [6.45, 7) is 2.61. The maximum absolute atomic E-state index is 11.9. The molecule has 1 saturated heterocycles. The molecule has 120 valence electrons. The Morgan fingerprint density at radius 3 is 2.91 bits per heavy atom. The van der Waals surface area contributed by atoms with E-state index in [4.69, 9.17) is 9.47 Å². The van der Waals surface area contributed by atoms with Crippen LogP contribution in [0.1, 0.15) is 13.3 Å². The molecule has 2 aliphatic rings. The van der Waals surface area contributed by atoms with Gasteiger partial charge in [0.15, 0.2) is 0 Å². The number of hydrogen-bond donors (Lipinski definition) is 1. The Bertz CT molecular complexity index is 761. The van der Waals surface area contributed by atoms with E-state index < -0.39 is 0 Å². The first-order valence-electron chi connectivity index (χ1n) is 8.09. The lowest BCUT2D eigenvalue weighted by atomic mass is 10.1. The van der Waals surface area contributed by atoms with E-state index in [1.807, 2.05) is 24.3 Å². The Labute approximate surface area is 135 Å². The number of ether oxygens (including phenoxy) is 2. The van der Waals surface area contributed by atoms with Crippen molar-refractivity contribution in [1.29, 1.82) is 0 Å². The molecule has 1 aliphatic carbocycles. The summed E-state index contributed by atoms with van der Waals surface area (Å²) in [7, 11) is 1.64. The largest absolute Gasteiger partial charge is 0.497 e. The molecule has 0 spiro atoms. The maximum atomic E-state index is 11.9. The number of methoxy groups -OCH3 is 1. The summed E-state index contributed by atoms with van der Waals surface area (Å²) in [6, 6.07) is 7.89. The van der Waals surface area contributed by atoms with Crippen molar-refractivity contribution >= 4 is 16.7 Å². The predicted molar refractivity (Wildman–Crippen MR) is 86.5 cm³/mol. The number of nitrogens with zero attached hydrogens (tertiary/aromatic N) is 1. The number of carbonyl (C=O) groups is 1. The van der Waals surface area contributed by atoms with E-state index in [-0.39, 0.29) is 17.9 Å². The fourth-order valence-corrected chi connectivity index (χ4v) is 3.90. The number of pyridine rings is 1. The number of aromatic nitrogens is 1. The van der Waals surface area contributed by atoms with Crippen molar-refractivity contribution in [2.24, 2.45) is 17.8 Å². The SMILES string of the molecule is CC[C@H]1[C@H]2C(=O)N[C@H](COc3nccc4ccc(OC)cc34)[C@H]12. The molecule has 1 aromatic heterocycles. The van der Waals surface area contributed by atoms with Gasteiger partial charge in [-0.1, -0.05) is 19.4 Å². The van der Waals surface area contributed by atoms with E-state index in [2.05, 4.69) is 17.2 Å². The second kappa shape index (κ2) is 5.41. The van der Waals surface area contributed by atoms with Crippen molar-refractivity contribution in [3.8, 4) is 11.6 Å². The fraction of sp³-hybridized carbons (Fsp3) is 0.444. The monoisotopic (exact) mass is 312 g/mol. The normalized spacial score (nSPS) is 28.3. The number of piperidine rings is 1. The number of fused-ring (bicyclic) bond motifs is 2. The van der Waals surface area contributed by atoms with Gasteiger partial charge in [0, 0.05) is 17.5 Å². The number of amides is 1. The molecule has 4 atom stereocenters. The molecule has 5 nitrogen and oxygen atoms in total. The summed E-state index contributed by atoms with van der Waals surface area (Å²) in [5.74, 6) is 2.71. The van der Waals surface area contributed by atoms with E-state index in [0.717, 1.165) is 22.9 Å². The third-order valence-electron chi connectivity index (χ3n) is 5.13. The van der Waals surface area contributed by atoms with Gasteiger partial charge in [-0.25, -0.2) is 4.98 Å². The third-order valence-corrected chi connectivity index (χ3v) is 5.13. The van der Waals surface area contributed by atoms with E-state index in [1.165, 1.54) is 0 Å². The second-order valence-electron chi connectivity index (χ2n) is 6.30. The standard InChI is InChI=1S/C18H20N2O3/c1-3-12-15-14(20-17(21)16(12)15)9-23-18-13-8-11(22-2)5-4-10(13)6-7-19-18/h4-8,12,14-16H,3,9H2,1-2H3,(H,20,21)/t12-,14-,15+,16-/m1/s1. The zero-order valence-electron chi connectivity index (χ0n) is 13.3. The average Bonchev–Trinajstić information content (AvgIpc) is 3.23. The minimum atomic E-state index is 0.0973. The van der Waals surface area contributed by atoms with Crippen molar-refractivity contribution in [3.63, 3.8) is 0 Å². The van der Waals surface area contributed by atoms with Gasteiger partial charge in [-0.05, 0) is 35.4 Å². The minimum Gasteiger partial charge on any atom is -0.497 e. The third kappa shape index (κ3) is 2.31. The number of carbonyl (C=O) groups excluding carboxylic acids is 1. The van der Waals surface area contributed by atoms with Crippen molar-refractivity contribution in [2.75, 3.05) is 13.7 Å². The highest BCUT2D eigenvalue weighted by atomic mass is 16.5. The topological polar surface area (TPSA) is 60.5 Å². The van der Waals surface area contributed by atoms with Gasteiger partial charge in [-0.2, -0.15) is 0 Å². The zero-order valence-corrected chi connectivity index (χ0v) is 13.3. The molecule has 2 aromatic rings. The molecule has 1 saturated carbocycles. The molecular formula is C18H20N2O3. The van der Waals surface area contributed by atoms with Crippen LogP contribution in [0.15, 0.2) is 30.5 Å². The Kier molecular flexibility index (Phi) is 3.36. The fourth-order valence-electron chi connectivity index (χ4n) is 3.90. The van der Waals surface area contributed by atoms with Crippen molar-refractivity contribution in [2.45, 2.75) is 19.4 Å². The van der Waals surface area contributed by atoms with Crippen LogP contribution < -0.4 is 14.8 Å². The minimum absolute atomic E-state index is 0.0973. The lowest BCUT2D eigenvalue weighted by molar-refractivity contribution is -0.121. The Morgan fingerprint density at radius 2 is 2.17 bits per heavy atom. The van der Waals surface area contributed by atoms with Crippen LogP contribution in [0.3, 0.4) is 0 Å².